The second-order valence-electron chi connectivity index (χ2n) is 19.2. The summed E-state index contributed by atoms with van der Waals surface area (Å²) < 4.78 is 37.6. The number of aryl methyl sites for hydroxylation is 3. The Kier molecular flexibility index (Phi) is 10.3. The second kappa shape index (κ2) is 17.8. The van der Waals surface area contributed by atoms with Gasteiger partial charge in [0.1, 0.15) is 11.6 Å². The van der Waals surface area contributed by atoms with Gasteiger partial charge in [0, 0.05) is 28.4 Å². The zero-order valence-electron chi connectivity index (χ0n) is 43.7. The van der Waals surface area contributed by atoms with Gasteiger partial charge in [-0.3, -0.25) is 9.55 Å². The molecule has 0 amide bonds. The van der Waals surface area contributed by atoms with E-state index in [2.05, 4.69) is 99.6 Å². The summed E-state index contributed by atoms with van der Waals surface area (Å²) in [4.78, 5) is 10.5. The minimum Gasteiger partial charge on any atom is -0.507 e. The molecule has 0 bridgehead atoms. The van der Waals surface area contributed by atoms with Crippen LogP contribution in [0, 0.1) is 20.7 Å². The van der Waals surface area contributed by atoms with Gasteiger partial charge in [0.2, 0.25) is 0 Å². The Hall–Kier alpha value is -7.82. The van der Waals surface area contributed by atoms with Gasteiger partial charge in [0.05, 0.1) is 28.0 Å². The molecule has 0 saturated heterocycles. The van der Waals surface area contributed by atoms with Crippen LogP contribution in [0.15, 0.2) is 188 Å². The first-order valence-electron chi connectivity index (χ1n) is 25.3. The number of fused-ring (bicyclic) bond motifs is 1. The average Bonchev–Trinajstić information content (AvgIpc) is 3.76. The molecule has 4 nitrogen and oxygen atoms in total. The third kappa shape index (κ3) is 8.43. The number of aromatic nitrogens is 3. The van der Waals surface area contributed by atoms with Crippen LogP contribution in [0.1, 0.15) is 73.8 Å². The minimum atomic E-state index is -2.49. The molecule has 0 unspecified atom stereocenters. The fraction of sp³-hybridized carbons (Fsp3) is 0.156. The van der Waals surface area contributed by atoms with Gasteiger partial charge >= 0.3 is 0 Å². The summed E-state index contributed by atoms with van der Waals surface area (Å²) in [7, 11) is 0. The van der Waals surface area contributed by atoms with Crippen molar-refractivity contribution in [1.29, 1.82) is 0 Å². The molecule has 68 heavy (non-hydrogen) atoms. The summed E-state index contributed by atoms with van der Waals surface area (Å²) in [6.07, 6.45) is 1.84. The van der Waals surface area contributed by atoms with E-state index in [1.807, 2.05) is 142 Å². The van der Waals surface area contributed by atoms with E-state index in [9.17, 15) is 5.11 Å². The third-order valence-corrected chi connectivity index (χ3v) is 13.1. The molecule has 0 fully saturated rings. The van der Waals surface area contributed by atoms with Gasteiger partial charge < -0.3 is 5.11 Å². The molecule has 0 aliphatic heterocycles. The van der Waals surface area contributed by atoms with Crippen molar-refractivity contribution < 1.29 is 10.6 Å². The molecule has 0 spiro atoms. The van der Waals surface area contributed by atoms with Crippen LogP contribution in [0.4, 0.5) is 0 Å². The predicted molar refractivity (Wildman–Crippen MR) is 286 cm³/mol. The number of rotatable bonds is 9. The van der Waals surface area contributed by atoms with E-state index in [4.69, 9.17) is 15.5 Å². The molecule has 2 heterocycles. The van der Waals surface area contributed by atoms with E-state index in [-0.39, 0.29) is 16.7 Å². The molecule has 10 aromatic rings. The van der Waals surface area contributed by atoms with E-state index in [1.54, 1.807) is 0 Å². The Labute approximate surface area is 406 Å². The van der Waals surface area contributed by atoms with Crippen molar-refractivity contribution >= 4 is 11.0 Å². The number of phenols is 1. The lowest BCUT2D eigenvalue weighted by molar-refractivity contribution is 0.472. The summed E-state index contributed by atoms with van der Waals surface area (Å²) in [5, 5.41) is 12.0. The Morgan fingerprint density at radius 1 is 0.544 bits per heavy atom. The lowest BCUT2D eigenvalue weighted by Crippen LogP contribution is -2.10. The van der Waals surface area contributed by atoms with E-state index >= 15 is 0 Å². The first-order chi connectivity index (χ1) is 34.3. The first kappa shape index (κ1) is 39.4. The Bertz CT molecular complexity index is 3640. The Morgan fingerprint density at radius 2 is 1.19 bits per heavy atom. The Balaban J connectivity index is 1.26. The molecule has 8 aromatic carbocycles. The molecular weight excluding hydrogens is 827 g/mol. The smallest absolute Gasteiger partial charge is 0.149 e. The highest BCUT2D eigenvalue weighted by Gasteiger charge is 2.25. The highest BCUT2D eigenvalue weighted by molar-refractivity contribution is 5.99. The molecule has 0 aliphatic carbocycles. The van der Waals surface area contributed by atoms with Gasteiger partial charge in [-0.15, -0.1) is 0 Å². The standard InChI is InChI=1S/C64H57N3O/c1-40(2)44-22-24-46(25-23-44)49-30-31-65-58(38-49)52-36-50(45-16-11-9-12-17-45)35-51(37-52)54-20-15-21-59-61(54)66-63(57-33-41(3)32-43(5)62(57)68)67(59)60-34-42(4)55(47-18-13-10-14-19-47)39-56(60)48-26-28-53(29-27-48)64(6,7)8/h9-40,68H,1-8H3/i4D3,40D. The zero-order chi connectivity index (χ0) is 50.7. The van der Waals surface area contributed by atoms with E-state index in [0.717, 1.165) is 78.0 Å². The average molecular weight is 888 g/mol. The van der Waals surface area contributed by atoms with Crippen LogP contribution in [0.5, 0.6) is 5.75 Å². The summed E-state index contributed by atoms with van der Waals surface area (Å²) >= 11 is 0. The van der Waals surface area contributed by atoms with Crippen LogP contribution in [-0.2, 0) is 5.41 Å². The van der Waals surface area contributed by atoms with Crippen LogP contribution in [0.3, 0.4) is 0 Å². The van der Waals surface area contributed by atoms with Gasteiger partial charge in [0.15, 0.2) is 0 Å². The van der Waals surface area contributed by atoms with E-state index in [1.165, 1.54) is 5.56 Å². The predicted octanol–water partition coefficient (Wildman–Crippen LogP) is 17.1. The van der Waals surface area contributed by atoms with Crippen LogP contribution in [0.2, 0.25) is 0 Å². The second-order valence-corrected chi connectivity index (χ2v) is 19.2. The van der Waals surface area contributed by atoms with Gasteiger partial charge in [-0.25, -0.2) is 4.98 Å². The molecule has 1 N–H and O–H groups in total. The molecule has 2 aromatic heterocycles. The fourth-order valence-electron chi connectivity index (χ4n) is 9.39. The highest BCUT2D eigenvalue weighted by atomic mass is 16.3. The molecule has 0 atom stereocenters. The summed E-state index contributed by atoms with van der Waals surface area (Å²) in [6, 6.07) is 61.3. The third-order valence-electron chi connectivity index (χ3n) is 13.1. The van der Waals surface area contributed by atoms with Crippen molar-refractivity contribution in [1.82, 2.24) is 14.5 Å². The van der Waals surface area contributed by atoms with Crippen molar-refractivity contribution in [3.05, 3.63) is 216 Å². The summed E-state index contributed by atoms with van der Waals surface area (Å²) in [5.41, 5.74) is 17.2. The Morgan fingerprint density at radius 3 is 1.88 bits per heavy atom. The van der Waals surface area contributed by atoms with Crippen molar-refractivity contribution in [3.8, 4) is 89.7 Å². The van der Waals surface area contributed by atoms with Crippen LogP contribution >= 0.6 is 0 Å². The number of pyridine rings is 1. The molecule has 0 aliphatic rings. The number of phenolic OH excluding ortho intramolecular Hbond substituents is 1. The largest absolute Gasteiger partial charge is 0.507 e. The van der Waals surface area contributed by atoms with Gasteiger partial charge in [-0.05, 0) is 159 Å². The maximum Gasteiger partial charge on any atom is 0.149 e. The maximum atomic E-state index is 12.0. The first-order valence-corrected chi connectivity index (χ1v) is 23.3. The monoisotopic (exact) mass is 887 g/mol. The van der Waals surface area contributed by atoms with E-state index < -0.39 is 12.7 Å². The van der Waals surface area contributed by atoms with Crippen molar-refractivity contribution in [2.24, 2.45) is 0 Å². The number of hydrogen-bond donors (Lipinski definition) is 1. The number of nitrogens with zero attached hydrogens (tertiary/aromatic N) is 3. The number of imidazole rings is 1. The topological polar surface area (TPSA) is 50.9 Å². The normalized spacial score (nSPS) is 12.9. The SMILES string of the molecule is [2H]C([2H])([2H])c1cc(-n2c(-c3cc(C)cc(C)c3O)nc3c(-c4cc(-c5ccccc5)cc(-c5cc(-c6ccc(C([2H])(C)C)cc6)ccn5)c4)cccc32)c(-c2ccc(C(C)(C)C)cc2)cc1-c1ccccc1. The highest BCUT2D eigenvalue weighted by Crippen LogP contribution is 2.44. The summed E-state index contributed by atoms with van der Waals surface area (Å²) in [5.74, 6) is -0.125. The van der Waals surface area contributed by atoms with Crippen molar-refractivity contribution in [3.63, 3.8) is 0 Å². The van der Waals surface area contributed by atoms with Gasteiger partial charge in [-0.1, -0.05) is 162 Å². The van der Waals surface area contributed by atoms with Crippen LogP contribution in [0.25, 0.3) is 95.0 Å². The van der Waals surface area contributed by atoms with Gasteiger partial charge in [0.25, 0.3) is 0 Å². The molecule has 4 heteroatoms. The fourth-order valence-corrected chi connectivity index (χ4v) is 9.39. The van der Waals surface area contributed by atoms with E-state index in [0.29, 0.717) is 33.7 Å². The number of hydrogen-bond acceptors (Lipinski definition) is 3. The zero-order valence-corrected chi connectivity index (χ0v) is 39.7. The lowest BCUT2D eigenvalue weighted by Gasteiger charge is -2.21. The number of benzene rings is 8. The van der Waals surface area contributed by atoms with Crippen LogP contribution < -0.4 is 0 Å². The number of para-hydroxylation sites is 1. The molecular formula is C64H57N3O. The molecule has 10 rings (SSSR count). The maximum absolute atomic E-state index is 12.0. The number of aromatic hydroxyl groups is 1. The van der Waals surface area contributed by atoms with Gasteiger partial charge in [-0.2, -0.15) is 0 Å². The molecule has 0 saturated carbocycles. The molecule has 334 valence electrons. The quantitative estimate of drug-likeness (QED) is 0.157. The minimum absolute atomic E-state index is 0.0878. The van der Waals surface area contributed by atoms with Crippen molar-refractivity contribution in [2.45, 2.75) is 66.6 Å². The molecule has 0 radical (unpaired) electrons. The van der Waals surface area contributed by atoms with Crippen molar-refractivity contribution in [2.75, 3.05) is 0 Å². The lowest BCUT2D eigenvalue weighted by atomic mass is 9.85. The van der Waals surface area contributed by atoms with Crippen LogP contribution in [-0.4, -0.2) is 19.6 Å². The summed E-state index contributed by atoms with van der Waals surface area (Å²) in [6.45, 7) is 11.8.